The second-order valence-corrected chi connectivity index (χ2v) is 4.94. The highest BCUT2D eigenvalue weighted by Crippen LogP contribution is 2.18. The van der Waals surface area contributed by atoms with Crippen LogP contribution in [0.4, 0.5) is 0 Å². The number of aryl methyl sites for hydroxylation is 1. The van der Waals surface area contributed by atoms with Gasteiger partial charge in [-0.3, -0.25) is 0 Å². The molecule has 0 aliphatic heterocycles. The molecule has 2 rings (SSSR count). The first-order valence-electron chi connectivity index (χ1n) is 5.64. The fraction of sp³-hybridized carbons (Fsp3) is 0.143. The van der Waals surface area contributed by atoms with Crippen LogP contribution in [-0.4, -0.2) is 16.1 Å². The zero-order valence-corrected chi connectivity index (χ0v) is 11.8. The zero-order valence-electron chi connectivity index (χ0n) is 10.3. The van der Waals surface area contributed by atoms with Gasteiger partial charge in [-0.25, -0.2) is 9.78 Å². The molecule has 0 atom stereocenters. The molecule has 5 heteroatoms. The molecule has 0 radical (unpaired) electrons. The Kier molecular flexibility index (Phi) is 4.16. The highest BCUT2D eigenvalue weighted by Gasteiger charge is 2.13. The third kappa shape index (κ3) is 3.54. The summed E-state index contributed by atoms with van der Waals surface area (Å²) in [7, 11) is 0. The summed E-state index contributed by atoms with van der Waals surface area (Å²) < 4.78 is 6.48. The van der Waals surface area contributed by atoms with Gasteiger partial charge in [0.25, 0.3) is 0 Å². The third-order valence-corrected chi connectivity index (χ3v) is 3.05. The zero-order chi connectivity index (χ0) is 13.8. The van der Waals surface area contributed by atoms with Gasteiger partial charge in [0.15, 0.2) is 0 Å². The summed E-state index contributed by atoms with van der Waals surface area (Å²) in [6, 6.07) is 10.8. The number of carbonyl (C=O) groups is 1. The van der Waals surface area contributed by atoms with Crippen LogP contribution in [0.3, 0.4) is 0 Å². The number of hydrogen-bond donors (Lipinski definition) is 1. The van der Waals surface area contributed by atoms with E-state index in [0.717, 1.165) is 15.7 Å². The molecule has 0 saturated carbocycles. The number of ether oxygens (including phenoxy) is 1. The topological polar surface area (TPSA) is 59.4 Å². The molecule has 0 unspecified atom stereocenters. The number of aromatic carboxylic acids is 1. The number of pyridine rings is 1. The second-order valence-electron chi connectivity index (χ2n) is 4.03. The van der Waals surface area contributed by atoms with Gasteiger partial charge >= 0.3 is 5.97 Å². The maximum absolute atomic E-state index is 11.1. The van der Waals surface area contributed by atoms with Gasteiger partial charge in [-0.2, -0.15) is 0 Å². The first kappa shape index (κ1) is 13.5. The maximum atomic E-state index is 11.1. The standard InChI is InChI=1S/C14H12BrNO3/c1-9-2-7-12(14(17)18)13(16-9)19-8-10-3-5-11(15)6-4-10/h2-7H,8H2,1H3,(H,17,18). The lowest BCUT2D eigenvalue weighted by molar-refractivity contribution is 0.0690. The molecule has 1 aromatic heterocycles. The fourth-order valence-corrected chi connectivity index (χ4v) is 1.80. The van der Waals surface area contributed by atoms with Crippen molar-refractivity contribution in [2.45, 2.75) is 13.5 Å². The molecule has 0 spiro atoms. The minimum atomic E-state index is -1.04. The third-order valence-electron chi connectivity index (χ3n) is 2.52. The van der Waals surface area contributed by atoms with Crippen molar-refractivity contribution >= 4 is 21.9 Å². The highest BCUT2D eigenvalue weighted by molar-refractivity contribution is 9.10. The number of hydrogen-bond acceptors (Lipinski definition) is 3. The predicted octanol–water partition coefficient (Wildman–Crippen LogP) is 3.43. The van der Waals surface area contributed by atoms with Crippen LogP contribution < -0.4 is 4.74 Å². The molecule has 19 heavy (non-hydrogen) atoms. The van der Waals surface area contributed by atoms with Crippen molar-refractivity contribution < 1.29 is 14.6 Å². The molecule has 2 aromatic rings. The van der Waals surface area contributed by atoms with Gasteiger partial charge < -0.3 is 9.84 Å². The molecule has 0 bridgehead atoms. The molecule has 0 saturated heterocycles. The maximum Gasteiger partial charge on any atom is 0.341 e. The summed E-state index contributed by atoms with van der Waals surface area (Å²) in [5, 5.41) is 9.06. The smallest absolute Gasteiger partial charge is 0.341 e. The Labute approximate surface area is 119 Å². The molecule has 0 fully saturated rings. The summed E-state index contributed by atoms with van der Waals surface area (Å²) in [5.41, 5.74) is 1.74. The van der Waals surface area contributed by atoms with Crippen molar-refractivity contribution in [3.8, 4) is 5.88 Å². The van der Waals surface area contributed by atoms with Gasteiger partial charge in [0, 0.05) is 10.2 Å². The van der Waals surface area contributed by atoms with E-state index >= 15 is 0 Å². The van der Waals surface area contributed by atoms with Crippen molar-refractivity contribution in [2.24, 2.45) is 0 Å². The molecule has 0 aliphatic rings. The Morgan fingerprint density at radius 1 is 1.26 bits per heavy atom. The lowest BCUT2D eigenvalue weighted by Gasteiger charge is -2.09. The Bertz CT molecular complexity index is 596. The van der Waals surface area contributed by atoms with Crippen LogP contribution >= 0.6 is 15.9 Å². The Morgan fingerprint density at radius 3 is 2.58 bits per heavy atom. The fourth-order valence-electron chi connectivity index (χ4n) is 1.54. The number of aromatic nitrogens is 1. The summed E-state index contributed by atoms with van der Waals surface area (Å²) in [4.78, 5) is 15.2. The molecular formula is C14H12BrNO3. The summed E-state index contributed by atoms with van der Waals surface area (Å²) in [5.74, 6) is -0.895. The number of rotatable bonds is 4. The Hall–Kier alpha value is -1.88. The van der Waals surface area contributed by atoms with Gasteiger partial charge in [-0.15, -0.1) is 0 Å². The van der Waals surface area contributed by atoms with E-state index < -0.39 is 5.97 Å². The second kappa shape index (κ2) is 5.84. The largest absolute Gasteiger partial charge is 0.477 e. The summed E-state index contributed by atoms with van der Waals surface area (Å²) in [6.07, 6.45) is 0. The van der Waals surface area contributed by atoms with Crippen LogP contribution in [-0.2, 0) is 6.61 Å². The van der Waals surface area contributed by atoms with Gasteiger partial charge in [0.1, 0.15) is 12.2 Å². The lowest BCUT2D eigenvalue weighted by atomic mass is 10.2. The monoisotopic (exact) mass is 321 g/mol. The molecule has 98 valence electrons. The van der Waals surface area contributed by atoms with Crippen LogP contribution in [0, 0.1) is 6.92 Å². The van der Waals surface area contributed by atoms with Gasteiger partial charge in [0.05, 0.1) is 0 Å². The first-order chi connectivity index (χ1) is 9.06. The molecule has 1 N–H and O–H groups in total. The average Bonchev–Trinajstić information content (AvgIpc) is 2.38. The number of benzene rings is 1. The van der Waals surface area contributed by atoms with Crippen molar-refractivity contribution in [1.82, 2.24) is 4.98 Å². The molecule has 0 aliphatic carbocycles. The van der Waals surface area contributed by atoms with Crippen molar-refractivity contribution in [3.63, 3.8) is 0 Å². The van der Waals surface area contributed by atoms with Crippen LogP contribution in [0.15, 0.2) is 40.9 Å². The van der Waals surface area contributed by atoms with Crippen molar-refractivity contribution in [2.75, 3.05) is 0 Å². The number of carboxylic acid groups (broad SMARTS) is 1. The van der Waals surface area contributed by atoms with Crippen LogP contribution in [0.5, 0.6) is 5.88 Å². The van der Waals surface area contributed by atoms with Crippen molar-refractivity contribution in [1.29, 1.82) is 0 Å². The first-order valence-corrected chi connectivity index (χ1v) is 6.44. The SMILES string of the molecule is Cc1ccc(C(=O)O)c(OCc2ccc(Br)cc2)n1. The lowest BCUT2D eigenvalue weighted by Crippen LogP contribution is -2.06. The number of halogens is 1. The number of nitrogens with zero attached hydrogens (tertiary/aromatic N) is 1. The average molecular weight is 322 g/mol. The van der Waals surface area contributed by atoms with E-state index in [0.29, 0.717) is 0 Å². The minimum Gasteiger partial charge on any atom is -0.477 e. The molecular weight excluding hydrogens is 310 g/mol. The molecule has 0 amide bonds. The van der Waals surface area contributed by atoms with E-state index in [9.17, 15) is 4.79 Å². The van der Waals surface area contributed by atoms with Gasteiger partial charge in [-0.1, -0.05) is 28.1 Å². The van der Waals surface area contributed by atoms with E-state index in [1.807, 2.05) is 24.3 Å². The van der Waals surface area contributed by atoms with Crippen LogP contribution in [0.25, 0.3) is 0 Å². The van der Waals surface area contributed by atoms with E-state index in [-0.39, 0.29) is 18.1 Å². The number of carboxylic acids is 1. The van der Waals surface area contributed by atoms with Crippen LogP contribution in [0.1, 0.15) is 21.6 Å². The molecule has 1 aromatic carbocycles. The van der Waals surface area contributed by atoms with Gasteiger partial charge in [0.2, 0.25) is 5.88 Å². The molecule has 1 heterocycles. The van der Waals surface area contributed by atoms with Crippen LogP contribution in [0.2, 0.25) is 0 Å². The van der Waals surface area contributed by atoms with E-state index in [2.05, 4.69) is 20.9 Å². The Morgan fingerprint density at radius 2 is 1.95 bits per heavy atom. The quantitative estimate of drug-likeness (QED) is 0.937. The van der Waals surface area contributed by atoms with Crippen molar-refractivity contribution in [3.05, 3.63) is 57.7 Å². The Balaban J connectivity index is 2.16. The van der Waals surface area contributed by atoms with E-state index in [1.165, 1.54) is 6.07 Å². The minimum absolute atomic E-state index is 0.0720. The highest BCUT2D eigenvalue weighted by atomic mass is 79.9. The summed E-state index contributed by atoms with van der Waals surface area (Å²) >= 11 is 3.35. The normalized spacial score (nSPS) is 10.2. The van der Waals surface area contributed by atoms with Gasteiger partial charge in [-0.05, 0) is 36.8 Å². The van der Waals surface area contributed by atoms with E-state index in [1.54, 1.807) is 13.0 Å². The molecule has 4 nitrogen and oxygen atoms in total. The summed E-state index contributed by atoms with van der Waals surface area (Å²) in [6.45, 7) is 2.07. The van der Waals surface area contributed by atoms with E-state index in [4.69, 9.17) is 9.84 Å². The predicted molar refractivity (Wildman–Crippen MR) is 74.4 cm³/mol.